The average Bonchev–Trinajstić information content (AvgIpc) is 2.51. The number of aromatic nitrogens is 2. The second-order valence-corrected chi connectivity index (χ2v) is 4.01. The molecule has 0 radical (unpaired) electrons. The number of methoxy groups -OCH3 is 1. The summed E-state index contributed by atoms with van der Waals surface area (Å²) in [6.07, 6.45) is 1.31. The SMILES string of the molecule is COC(=O)/C=C\Sc1nnc(N)s1. The first kappa shape index (κ1) is 10.0. The van der Waals surface area contributed by atoms with Gasteiger partial charge in [-0.05, 0) is 5.41 Å². The molecule has 0 amide bonds. The van der Waals surface area contributed by atoms with Crippen molar-refractivity contribution in [2.24, 2.45) is 0 Å². The molecule has 0 aliphatic carbocycles. The van der Waals surface area contributed by atoms with E-state index >= 15 is 0 Å². The van der Waals surface area contributed by atoms with E-state index in [0.29, 0.717) is 9.47 Å². The molecule has 5 nitrogen and oxygen atoms in total. The molecule has 0 spiro atoms. The standard InChI is InChI=1S/C6H7N3O2S2/c1-11-4(10)2-3-12-6-9-8-5(7)13-6/h2-3H,1H3,(H2,7,8)/b3-2-. The maximum atomic E-state index is 10.6. The Labute approximate surface area is 83.0 Å². The molecule has 0 bridgehead atoms. The smallest absolute Gasteiger partial charge is 0.330 e. The van der Waals surface area contributed by atoms with Crippen molar-refractivity contribution < 1.29 is 9.53 Å². The van der Waals surface area contributed by atoms with Gasteiger partial charge in [0.1, 0.15) is 0 Å². The summed E-state index contributed by atoms with van der Waals surface area (Å²) >= 11 is 2.53. The van der Waals surface area contributed by atoms with Crippen molar-refractivity contribution in [2.45, 2.75) is 4.34 Å². The Morgan fingerprint density at radius 1 is 1.69 bits per heavy atom. The fourth-order valence-electron chi connectivity index (χ4n) is 0.484. The molecular weight excluding hydrogens is 210 g/mol. The zero-order valence-corrected chi connectivity index (χ0v) is 8.39. The van der Waals surface area contributed by atoms with E-state index in [1.165, 1.54) is 36.3 Å². The number of ether oxygens (including phenoxy) is 1. The topological polar surface area (TPSA) is 78.1 Å². The largest absolute Gasteiger partial charge is 0.466 e. The predicted octanol–water partition coefficient (Wildman–Crippen LogP) is 0.899. The third kappa shape index (κ3) is 3.43. The highest BCUT2D eigenvalue weighted by Crippen LogP contribution is 2.23. The van der Waals surface area contributed by atoms with Crippen molar-refractivity contribution in [3.05, 3.63) is 11.5 Å². The van der Waals surface area contributed by atoms with Crippen LogP contribution in [0.15, 0.2) is 15.8 Å². The average molecular weight is 217 g/mol. The van der Waals surface area contributed by atoms with Crippen molar-refractivity contribution in [1.82, 2.24) is 10.2 Å². The molecule has 0 aliphatic heterocycles. The lowest BCUT2D eigenvalue weighted by molar-refractivity contribution is -0.134. The van der Waals surface area contributed by atoms with Crippen LogP contribution in [0.1, 0.15) is 0 Å². The molecule has 0 fully saturated rings. The van der Waals surface area contributed by atoms with Gasteiger partial charge in [-0.25, -0.2) is 4.79 Å². The lowest BCUT2D eigenvalue weighted by Gasteiger charge is -1.87. The van der Waals surface area contributed by atoms with E-state index < -0.39 is 5.97 Å². The van der Waals surface area contributed by atoms with Gasteiger partial charge in [-0.15, -0.1) is 10.2 Å². The minimum Gasteiger partial charge on any atom is -0.466 e. The summed E-state index contributed by atoms with van der Waals surface area (Å²) in [5.41, 5.74) is 5.35. The van der Waals surface area contributed by atoms with E-state index in [1.807, 2.05) is 0 Å². The molecule has 1 aromatic heterocycles. The van der Waals surface area contributed by atoms with E-state index in [4.69, 9.17) is 5.73 Å². The van der Waals surface area contributed by atoms with Crippen molar-refractivity contribution >= 4 is 34.2 Å². The zero-order chi connectivity index (χ0) is 9.68. The molecule has 2 N–H and O–H groups in total. The van der Waals surface area contributed by atoms with Crippen molar-refractivity contribution in [3.63, 3.8) is 0 Å². The van der Waals surface area contributed by atoms with Gasteiger partial charge in [0, 0.05) is 6.08 Å². The number of carbonyl (C=O) groups is 1. The van der Waals surface area contributed by atoms with E-state index in [9.17, 15) is 4.79 Å². The quantitative estimate of drug-likeness (QED) is 0.460. The first-order valence-corrected chi connectivity index (χ1v) is 4.92. The predicted molar refractivity (Wildman–Crippen MR) is 51.3 cm³/mol. The number of rotatable bonds is 3. The molecule has 1 aromatic rings. The first-order chi connectivity index (χ1) is 6.22. The van der Waals surface area contributed by atoms with Gasteiger partial charge in [0.05, 0.1) is 7.11 Å². The van der Waals surface area contributed by atoms with Crippen LogP contribution in [0.4, 0.5) is 5.13 Å². The number of carbonyl (C=O) groups excluding carboxylic acids is 1. The van der Waals surface area contributed by atoms with Crippen molar-refractivity contribution in [2.75, 3.05) is 12.8 Å². The molecule has 1 rings (SSSR count). The number of esters is 1. The maximum Gasteiger partial charge on any atom is 0.330 e. The molecule has 0 aliphatic rings. The first-order valence-electron chi connectivity index (χ1n) is 3.22. The Morgan fingerprint density at radius 3 is 3.00 bits per heavy atom. The minimum atomic E-state index is -0.398. The van der Waals surface area contributed by atoms with Gasteiger partial charge in [-0.3, -0.25) is 0 Å². The highest BCUT2D eigenvalue weighted by molar-refractivity contribution is 8.03. The monoisotopic (exact) mass is 217 g/mol. The summed E-state index contributed by atoms with van der Waals surface area (Å²) in [6.45, 7) is 0. The summed E-state index contributed by atoms with van der Waals surface area (Å²) in [6, 6.07) is 0. The van der Waals surface area contributed by atoms with E-state index in [0.717, 1.165) is 0 Å². The molecule has 70 valence electrons. The summed E-state index contributed by atoms with van der Waals surface area (Å²) in [7, 11) is 1.32. The number of nitrogens with two attached hydrogens (primary N) is 1. The highest BCUT2D eigenvalue weighted by Gasteiger charge is 1.98. The van der Waals surface area contributed by atoms with Crippen LogP contribution in [-0.2, 0) is 9.53 Å². The van der Waals surface area contributed by atoms with Crippen LogP contribution in [0.2, 0.25) is 0 Å². The Bertz CT molecular complexity index is 323. The number of hydrogen-bond donors (Lipinski definition) is 1. The second-order valence-electron chi connectivity index (χ2n) is 1.85. The van der Waals surface area contributed by atoms with Gasteiger partial charge in [-0.1, -0.05) is 23.1 Å². The third-order valence-corrected chi connectivity index (χ3v) is 2.64. The number of thioether (sulfide) groups is 1. The van der Waals surface area contributed by atoms with Crippen LogP contribution >= 0.6 is 23.1 Å². The number of nitrogens with zero attached hydrogens (tertiary/aromatic N) is 2. The van der Waals surface area contributed by atoms with Gasteiger partial charge in [0.25, 0.3) is 0 Å². The van der Waals surface area contributed by atoms with Gasteiger partial charge >= 0.3 is 5.97 Å². The molecule has 7 heteroatoms. The molecule has 0 unspecified atom stereocenters. The second kappa shape index (κ2) is 4.83. The Balaban J connectivity index is 2.43. The normalized spacial score (nSPS) is 10.5. The van der Waals surface area contributed by atoms with Crippen LogP contribution in [0.3, 0.4) is 0 Å². The molecule has 0 atom stereocenters. The lowest BCUT2D eigenvalue weighted by atomic mass is 10.7. The molecule has 0 aromatic carbocycles. The molecule has 13 heavy (non-hydrogen) atoms. The minimum absolute atomic E-state index is 0.398. The summed E-state index contributed by atoms with van der Waals surface area (Å²) in [4.78, 5) is 10.6. The Morgan fingerprint density at radius 2 is 2.46 bits per heavy atom. The summed E-state index contributed by atoms with van der Waals surface area (Å²) in [5.74, 6) is -0.398. The van der Waals surface area contributed by atoms with E-state index in [2.05, 4.69) is 14.9 Å². The van der Waals surface area contributed by atoms with Crippen LogP contribution in [0.5, 0.6) is 0 Å². The molecule has 0 saturated heterocycles. The van der Waals surface area contributed by atoms with Crippen LogP contribution in [-0.4, -0.2) is 23.3 Å². The summed E-state index contributed by atoms with van der Waals surface area (Å²) < 4.78 is 5.09. The summed E-state index contributed by atoms with van der Waals surface area (Å²) in [5, 5.41) is 9.34. The van der Waals surface area contributed by atoms with Gasteiger partial charge in [0.2, 0.25) is 5.13 Å². The Hall–Kier alpha value is -1.08. The fourth-order valence-corrected chi connectivity index (χ4v) is 1.82. The number of nitrogen functional groups attached to an aromatic ring is 1. The van der Waals surface area contributed by atoms with Crippen molar-refractivity contribution in [1.29, 1.82) is 0 Å². The maximum absolute atomic E-state index is 10.6. The number of anilines is 1. The van der Waals surface area contributed by atoms with Crippen LogP contribution in [0.25, 0.3) is 0 Å². The van der Waals surface area contributed by atoms with Crippen LogP contribution in [0, 0.1) is 0 Å². The van der Waals surface area contributed by atoms with Gasteiger partial charge < -0.3 is 10.5 Å². The highest BCUT2D eigenvalue weighted by atomic mass is 32.2. The van der Waals surface area contributed by atoms with Crippen LogP contribution < -0.4 is 5.73 Å². The number of hydrogen-bond acceptors (Lipinski definition) is 7. The zero-order valence-electron chi connectivity index (χ0n) is 6.76. The lowest BCUT2D eigenvalue weighted by Crippen LogP contribution is -1.92. The van der Waals surface area contributed by atoms with E-state index in [-0.39, 0.29) is 0 Å². The van der Waals surface area contributed by atoms with E-state index in [1.54, 1.807) is 5.41 Å². The third-order valence-electron chi connectivity index (χ3n) is 0.996. The van der Waals surface area contributed by atoms with Crippen molar-refractivity contribution in [3.8, 4) is 0 Å². The Kier molecular flexibility index (Phi) is 3.71. The van der Waals surface area contributed by atoms with Gasteiger partial charge in [0.15, 0.2) is 4.34 Å². The van der Waals surface area contributed by atoms with Gasteiger partial charge in [-0.2, -0.15) is 0 Å². The molecular formula is C6H7N3O2S2. The molecule has 0 saturated carbocycles. The fraction of sp³-hybridized carbons (Fsp3) is 0.167. The molecule has 1 heterocycles.